The van der Waals surface area contributed by atoms with Gasteiger partial charge in [-0.2, -0.15) is 0 Å². The van der Waals surface area contributed by atoms with Crippen molar-refractivity contribution in [2.75, 3.05) is 23.8 Å². The number of sulfone groups is 1. The molecule has 4 rings (SSSR count). The quantitative estimate of drug-likeness (QED) is 0.401. The van der Waals surface area contributed by atoms with Crippen molar-refractivity contribution in [3.05, 3.63) is 60.7 Å². The van der Waals surface area contributed by atoms with Crippen LogP contribution < -0.4 is 0 Å². The first kappa shape index (κ1) is 23.6. The largest absolute Gasteiger partial charge is 0.431 e. The van der Waals surface area contributed by atoms with E-state index in [-0.39, 0.29) is 29.2 Å². The Kier molecular flexibility index (Phi) is 7.55. The lowest BCUT2D eigenvalue weighted by Crippen LogP contribution is -2.42. The Labute approximate surface area is 199 Å². The number of aromatic nitrogens is 1. The second-order valence-corrected chi connectivity index (χ2v) is 11.3. The number of unbranched alkanes of at least 4 members (excludes halogenated alkanes) is 1. The summed E-state index contributed by atoms with van der Waals surface area (Å²) in [6, 6.07) is 19.4. The second-order valence-electron chi connectivity index (χ2n) is 8.18. The third-order valence-corrected chi connectivity index (χ3v) is 8.30. The lowest BCUT2D eigenvalue weighted by molar-refractivity contribution is -0.130. The zero-order valence-electron chi connectivity index (χ0n) is 18.6. The third kappa shape index (κ3) is 5.86. The van der Waals surface area contributed by atoms with E-state index >= 15 is 0 Å². The van der Waals surface area contributed by atoms with Crippen LogP contribution in [0.15, 0.2) is 70.3 Å². The summed E-state index contributed by atoms with van der Waals surface area (Å²) in [5.41, 5.74) is 2.60. The maximum Gasteiger partial charge on any atom is 0.257 e. The molecule has 1 aromatic heterocycles. The van der Waals surface area contributed by atoms with Crippen molar-refractivity contribution in [3.63, 3.8) is 0 Å². The summed E-state index contributed by atoms with van der Waals surface area (Å²) in [5, 5.41) is 0.426. The van der Waals surface area contributed by atoms with E-state index in [2.05, 4.69) is 6.92 Å². The van der Waals surface area contributed by atoms with Crippen molar-refractivity contribution < 1.29 is 17.6 Å². The number of rotatable bonds is 9. The van der Waals surface area contributed by atoms with Gasteiger partial charge in [0.25, 0.3) is 5.22 Å². The third-order valence-electron chi connectivity index (χ3n) is 5.73. The zero-order valence-corrected chi connectivity index (χ0v) is 20.3. The van der Waals surface area contributed by atoms with Gasteiger partial charge < -0.3 is 9.32 Å². The fourth-order valence-electron chi connectivity index (χ4n) is 4.01. The lowest BCUT2D eigenvalue weighted by atomic mass is 10.1. The van der Waals surface area contributed by atoms with Crippen molar-refractivity contribution in [1.29, 1.82) is 0 Å². The average Bonchev–Trinajstić information content (AvgIpc) is 3.42. The summed E-state index contributed by atoms with van der Waals surface area (Å²) in [4.78, 5) is 19.5. The maximum absolute atomic E-state index is 13.1. The highest BCUT2D eigenvalue weighted by Gasteiger charge is 2.34. The van der Waals surface area contributed by atoms with Gasteiger partial charge in [-0.1, -0.05) is 85.8 Å². The van der Waals surface area contributed by atoms with Gasteiger partial charge in [0.05, 0.1) is 17.3 Å². The van der Waals surface area contributed by atoms with E-state index < -0.39 is 9.84 Å². The first-order valence-electron chi connectivity index (χ1n) is 11.2. The minimum atomic E-state index is -3.06. The van der Waals surface area contributed by atoms with E-state index in [1.165, 1.54) is 11.8 Å². The van der Waals surface area contributed by atoms with E-state index in [1.807, 2.05) is 60.7 Å². The molecular formula is C25H28N2O4S2. The fraction of sp³-hybridized carbons (Fsp3) is 0.360. The van der Waals surface area contributed by atoms with Crippen LogP contribution in [0.3, 0.4) is 0 Å². The topological polar surface area (TPSA) is 80.5 Å². The van der Waals surface area contributed by atoms with Crippen LogP contribution in [0.25, 0.3) is 22.6 Å². The summed E-state index contributed by atoms with van der Waals surface area (Å²) < 4.78 is 30.0. The van der Waals surface area contributed by atoms with E-state index in [0.29, 0.717) is 23.9 Å². The molecule has 1 amide bonds. The smallest absolute Gasteiger partial charge is 0.257 e. The van der Waals surface area contributed by atoms with Crippen molar-refractivity contribution in [2.24, 2.45) is 0 Å². The number of amides is 1. The summed E-state index contributed by atoms with van der Waals surface area (Å²) in [7, 11) is -3.06. The number of thioether (sulfide) groups is 1. The minimum absolute atomic E-state index is 0.0580. The highest BCUT2D eigenvalue weighted by Crippen LogP contribution is 2.35. The number of hydrogen-bond acceptors (Lipinski definition) is 6. The Morgan fingerprint density at radius 1 is 1.09 bits per heavy atom. The Bertz CT molecular complexity index is 1120. The summed E-state index contributed by atoms with van der Waals surface area (Å²) in [5.74, 6) is 0.963. The van der Waals surface area contributed by atoms with Gasteiger partial charge in [0, 0.05) is 23.7 Å². The molecule has 0 aliphatic carbocycles. The number of oxazole rings is 1. The Morgan fingerprint density at radius 3 is 2.36 bits per heavy atom. The van der Waals surface area contributed by atoms with Crippen LogP contribution in [0.5, 0.6) is 0 Å². The van der Waals surface area contributed by atoms with E-state index in [1.54, 1.807) is 4.90 Å². The Balaban J connectivity index is 1.53. The van der Waals surface area contributed by atoms with Crippen LogP contribution in [0.4, 0.5) is 0 Å². The van der Waals surface area contributed by atoms with Gasteiger partial charge in [0.1, 0.15) is 5.69 Å². The standard InChI is InChI=1S/C25H28N2O4S2/c1-2-3-15-27(21-14-16-33(29,30)18-21)22(28)17-32-25-26-23(19-10-6-4-7-11-19)24(31-25)20-12-8-5-9-13-20/h4-13,21H,2-3,14-18H2,1H3. The normalized spacial score (nSPS) is 17.2. The van der Waals surface area contributed by atoms with Gasteiger partial charge in [-0.05, 0) is 12.8 Å². The number of carbonyl (C=O) groups excluding carboxylic acids is 1. The maximum atomic E-state index is 13.1. The SMILES string of the molecule is CCCCN(C(=O)CSc1nc(-c2ccccc2)c(-c2ccccc2)o1)C1CCS(=O)(=O)C1. The lowest BCUT2D eigenvalue weighted by Gasteiger charge is -2.28. The molecule has 174 valence electrons. The second kappa shape index (κ2) is 10.6. The highest BCUT2D eigenvalue weighted by molar-refractivity contribution is 7.99. The number of hydrogen-bond donors (Lipinski definition) is 0. The predicted octanol–water partition coefficient (Wildman–Crippen LogP) is 4.92. The first-order chi connectivity index (χ1) is 16.0. The minimum Gasteiger partial charge on any atom is -0.431 e. The van der Waals surface area contributed by atoms with Crippen molar-refractivity contribution >= 4 is 27.5 Å². The molecule has 0 saturated carbocycles. The molecule has 1 fully saturated rings. The van der Waals surface area contributed by atoms with Crippen molar-refractivity contribution in [3.8, 4) is 22.6 Å². The summed E-state index contributed by atoms with van der Waals surface area (Å²) in [6.07, 6.45) is 2.30. The molecule has 3 aromatic rings. The summed E-state index contributed by atoms with van der Waals surface area (Å²) in [6.45, 7) is 2.64. The van der Waals surface area contributed by atoms with Crippen molar-refractivity contribution in [1.82, 2.24) is 9.88 Å². The van der Waals surface area contributed by atoms with Gasteiger partial charge in [-0.25, -0.2) is 13.4 Å². The van der Waals surface area contributed by atoms with Crippen molar-refractivity contribution in [2.45, 2.75) is 37.5 Å². The molecule has 8 heteroatoms. The molecule has 1 atom stereocenters. The molecule has 1 saturated heterocycles. The molecule has 1 aliphatic rings. The number of carbonyl (C=O) groups is 1. The van der Waals surface area contributed by atoms with E-state index in [4.69, 9.17) is 9.40 Å². The molecule has 0 radical (unpaired) electrons. The van der Waals surface area contributed by atoms with Gasteiger partial charge >= 0.3 is 0 Å². The molecule has 0 spiro atoms. The van der Waals surface area contributed by atoms with Gasteiger partial charge in [0.15, 0.2) is 15.6 Å². The molecule has 0 N–H and O–H groups in total. The number of nitrogens with zero attached hydrogens (tertiary/aromatic N) is 2. The fourth-order valence-corrected chi connectivity index (χ4v) is 6.45. The first-order valence-corrected chi connectivity index (χ1v) is 14.0. The molecule has 1 aliphatic heterocycles. The molecule has 1 unspecified atom stereocenters. The molecule has 2 heterocycles. The zero-order chi connectivity index (χ0) is 23.3. The number of benzene rings is 2. The van der Waals surface area contributed by atoms with Crippen LogP contribution in [-0.4, -0.2) is 54.1 Å². The molecule has 33 heavy (non-hydrogen) atoms. The molecule has 2 aromatic carbocycles. The van der Waals surface area contributed by atoms with Crippen LogP contribution >= 0.6 is 11.8 Å². The predicted molar refractivity (Wildman–Crippen MR) is 132 cm³/mol. The molecule has 0 bridgehead atoms. The average molecular weight is 485 g/mol. The molecule has 6 nitrogen and oxygen atoms in total. The summed E-state index contributed by atoms with van der Waals surface area (Å²) >= 11 is 1.25. The van der Waals surface area contributed by atoms with Gasteiger partial charge in [-0.15, -0.1) is 0 Å². The highest BCUT2D eigenvalue weighted by atomic mass is 32.2. The van der Waals surface area contributed by atoms with E-state index in [9.17, 15) is 13.2 Å². The monoisotopic (exact) mass is 484 g/mol. The molecular weight excluding hydrogens is 456 g/mol. The van der Waals surface area contributed by atoms with Crippen LogP contribution in [-0.2, 0) is 14.6 Å². The Hall–Kier alpha value is -2.58. The van der Waals surface area contributed by atoms with E-state index in [0.717, 1.165) is 29.7 Å². The van der Waals surface area contributed by atoms with Crippen LogP contribution in [0.2, 0.25) is 0 Å². The Morgan fingerprint density at radius 2 is 1.76 bits per heavy atom. The van der Waals surface area contributed by atoms with Gasteiger partial charge in [0.2, 0.25) is 5.91 Å². The van der Waals surface area contributed by atoms with Gasteiger partial charge in [-0.3, -0.25) is 4.79 Å². The van der Waals surface area contributed by atoms with Crippen LogP contribution in [0.1, 0.15) is 26.2 Å². The van der Waals surface area contributed by atoms with Crippen LogP contribution in [0, 0.1) is 0 Å².